The average Bonchev–Trinajstić information content (AvgIpc) is 2.27. The van der Waals surface area contributed by atoms with E-state index in [4.69, 9.17) is 5.73 Å². The van der Waals surface area contributed by atoms with Crippen LogP contribution in [0, 0.1) is 5.92 Å². The lowest BCUT2D eigenvalue weighted by Crippen LogP contribution is -2.36. The Morgan fingerprint density at radius 2 is 1.89 bits per heavy atom. The van der Waals surface area contributed by atoms with Gasteiger partial charge in [0.05, 0.1) is 16.6 Å². The van der Waals surface area contributed by atoms with Crippen LogP contribution in [0.2, 0.25) is 0 Å². The largest absolute Gasteiger partial charge is 0.324 e. The molecule has 0 radical (unpaired) electrons. The molecule has 19 heavy (non-hydrogen) atoms. The lowest BCUT2D eigenvalue weighted by molar-refractivity contribution is -0.117. The molecule has 1 aromatic rings. The van der Waals surface area contributed by atoms with Crippen LogP contribution in [-0.4, -0.2) is 26.6 Å². The third-order valence-corrected chi connectivity index (χ3v) is 3.76. The van der Waals surface area contributed by atoms with Gasteiger partial charge in [0.15, 0.2) is 9.84 Å². The number of anilines is 1. The molecule has 0 saturated heterocycles. The summed E-state index contributed by atoms with van der Waals surface area (Å²) in [6, 6.07) is 5.64. The highest BCUT2D eigenvalue weighted by atomic mass is 32.2. The van der Waals surface area contributed by atoms with Crippen molar-refractivity contribution in [3.63, 3.8) is 0 Å². The van der Waals surface area contributed by atoms with Crippen molar-refractivity contribution in [1.29, 1.82) is 0 Å². The maximum Gasteiger partial charge on any atom is 0.241 e. The number of para-hydroxylation sites is 1. The Labute approximate surface area is 114 Å². The molecule has 0 unspecified atom stereocenters. The van der Waals surface area contributed by atoms with Gasteiger partial charge in [0.2, 0.25) is 5.91 Å². The van der Waals surface area contributed by atoms with Crippen LogP contribution in [0.1, 0.15) is 20.3 Å². The van der Waals surface area contributed by atoms with Crippen LogP contribution < -0.4 is 11.1 Å². The Bertz CT molecular complexity index is 553. The summed E-state index contributed by atoms with van der Waals surface area (Å²) in [7, 11) is -3.38. The van der Waals surface area contributed by atoms with Gasteiger partial charge in [-0.3, -0.25) is 4.79 Å². The quantitative estimate of drug-likeness (QED) is 0.855. The summed E-state index contributed by atoms with van der Waals surface area (Å²) < 4.78 is 23.2. The summed E-state index contributed by atoms with van der Waals surface area (Å²) in [4.78, 5) is 12.0. The molecule has 0 spiro atoms. The zero-order valence-electron chi connectivity index (χ0n) is 11.4. The first kappa shape index (κ1) is 15.7. The van der Waals surface area contributed by atoms with Gasteiger partial charge in [0.1, 0.15) is 0 Å². The van der Waals surface area contributed by atoms with Gasteiger partial charge >= 0.3 is 0 Å². The SMILES string of the molecule is CC(C)C[C@@H](N)C(=O)Nc1ccccc1S(C)(=O)=O. The number of nitrogens with two attached hydrogens (primary N) is 1. The van der Waals surface area contributed by atoms with Crippen LogP contribution in [0.5, 0.6) is 0 Å². The van der Waals surface area contributed by atoms with E-state index in [0.29, 0.717) is 12.3 Å². The van der Waals surface area contributed by atoms with E-state index in [-0.39, 0.29) is 16.5 Å². The van der Waals surface area contributed by atoms with Crippen LogP contribution in [-0.2, 0) is 14.6 Å². The second-order valence-electron chi connectivity index (χ2n) is 4.99. The number of hydrogen-bond donors (Lipinski definition) is 2. The molecule has 1 atom stereocenters. The zero-order valence-corrected chi connectivity index (χ0v) is 12.2. The second kappa shape index (κ2) is 6.16. The van der Waals surface area contributed by atoms with E-state index < -0.39 is 15.9 Å². The van der Waals surface area contributed by atoms with Crippen molar-refractivity contribution in [2.24, 2.45) is 11.7 Å². The first-order chi connectivity index (χ1) is 8.71. The molecule has 0 heterocycles. The normalized spacial score (nSPS) is 13.3. The van der Waals surface area contributed by atoms with Gasteiger partial charge in [-0.1, -0.05) is 26.0 Å². The van der Waals surface area contributed by atoms with Gasteiger partial charge in [-0.15, -0.1) is 0 Å². The monoisotopic (exact) mass is 284 g/mol. The molecule has 6 heteroatoms. The Morgan fingerprint density at radius 1 is 1.32 bits per heavy atom. The third kappa shape index (κ3) is 4.65. The minimum Gasteiger partial charge on any atom is -0.324 e. The van der Waals surface area contributed by atoms with E-state index >= 15 is 0 Å². The van der Waals surface area contributed by atoms with E-state index in [2.05, 4.69) is 5.32 Å². The van der Waals surface area contributed by atoms with E-state index in [1.165, 1.54) is 6.07 Å². The third-order valence-electron chi connectivity index (χ3n) is 2.61. The molecule has 106 valence electrons. The molecule has 0 aliphatic carbocycles. The predicted molar refractivity (Wildman–Crippen MR) is 75.6 cm³/mol. The number of hydrogen-bond acceptors (Lipinski definition) is 4. The van der Waals surface area contributed by atoms with Crippen LogP contribution in [0.15, 0.2) is 29.2 Å². The Balaban J connectivity index is 2.92. The highest BCUT2D eigenvalue weighted by molar-refractivity contribution is 7.90. The fourth-order valence-corrected chi connectivity index (χ4v) is 2.58. The molecule has 1 rings (SSSR count). The number of carbonyl (C=O) groups is 1. The van der Waals surface area contributed by atoms with Crippen molar-refractivity contribution in [2.45, 2.75) is 31.2 Å². The summed E-state index contributed by atoms with van der Waals surface area (Å²) in [6.07, 6.45) is 1.65. The van der Waals surface area contributed by atoms with E-state index in [1.807, 2.05) is 13.8 Å². The number of rotatable bonds is 5. The van der Waals surface area contributed by atoms with Gasteiger partial charge in [0.25, 0.3) is 0 Å². The smallest absolute Gasteiger partial charge is 0.241 e. The molecule has 0 saturated carbocycles. The fourth-order valence-electron chi connectivity index (χ4n) is 1.73. The Hall–Kier alpha value is -1.40. The predicted octanol–water partition coefficient (Wildman–Crippen LogP) is 1.40. The van der Waals surface area contributed by atoms with E-state index in [9.17, 15) is 13.2 Å². The molecule has 3 N–H and O–H groups in total. The van der Waals surface area contributed by atoms with Crippen molar-refractivity contribution in [1.82, 2.24) is 0 Å². The van der Waals surface area contributed by atoms with Crippen LogP contribution in [0.3, 0.4) is 0 Å². The molecule has 0 bridgehead atoms. The van der Waals surface area contributed by atoms with E-state index in [0.717, 1.165) is 6.26 Å². The second-order valence-corrected chi connectivity index (χ2v) is 6.98. The molecule has 0 aromatic heterocycles. The zero-order chi connectivity index (χ0) is 14.6. The molecule has 0 aliphatic heterocycles. The van der Waals surface area contributed by atoms with Crippen LogP contribution in [0.4, 0.5) is 5.69 Å². The molecular weight excluding hydrogens is 264 g/mol. The molecule has 5 nitrogen and oxygen atoms in total. The number of carbonyl (C=O) groups excluding carboxylic acids is 1. The Kier molecular flexibility index (Phi) is 5.08. The summed E-state index contributed by atoms with van der Waals surface area (Å²) in [6.45, 7) is 3.94. The lowest BCUT2D eigenvalue weighted by atomic mass is 10.0. The topological polar surface area (TPSA) is 89.3 Å². The van der Waals surface area contributed by atoms with Gasteiger partial charge < -0.3 is 11.1 Å². The summed E-state index contributed by atoms with van der Waals surface area (Å²) in [5.74, 6) is -0.0734. The highest BCUT2D eigenvalue weighted by Crippen LogP contribution is 2.20. The molecular formula is C13H20N2O3S. The average molecular weight is 284 g/mol. The van der Waals surface area contributed by atoms with Gasteiger partial charge in [-0.05, 0) is 24.5 Å². The maximum absolute atomic E-state index is 11.9. The van der Waals surface area contributed by atoms with Crippen molar-refractivity contribution < 1.29 is 13.2 Å². The van der Waals surface area contributed by atoms with Crippen molar-refractivity contribution in [3.8, 4) is 0 Å². The summed E-state index contributed by atoms with van der Waals surface area (Å²) in [5, 5.41) is 2.58. The Morgan fingerprint density at radius 3 is 2.42 bits per heavy atom. The van der Waals surface area contributed by atoms with Crippen molar-refractivity contribution >= 4 is 21.4 Å². The van der Waals surface area contributed by atoms with E-state index in [1.54, 1.807) is 18.2 Å². The molecule has 0 aliphatic rings. The maximum atomic E-state index is 11.9. The minimum atomic E-state index is -3.38. The first-order valence-corrected chi connectivity index (χ1v) is 7.96. The number of benzene rings is 1. The fraction of sp³-hybridized carbons (Fsp3) is 0.462. The lowest BCUT2D eigenvalue weighted by Gasteiger charge is -2.15. The minimum absolute atomic E-state index is 0.0973. The molecule has 1 aromatic carbocycles. The summed E-state index contributed by atoms with van der Waals surface area (Å²) in [5.41, 5.74) is 6.04. The number of sulfone groups is 1. The number of nitrogens with one attached hydrogen (secondary N) is 1. The van der Waals surface area contributed by atoms with Gasteiger partial charge in [-0.2, -0.15) is 0 Å². The van der Waals surface area contributed by atoms with Crippen LogP contribution in [0.25, 0.3) is 0 Å². The van der Waals surface area contributed by atoms with Crippen molar-refractivity contribution in [2.75, 3.05) is 11.6 Å². The van der Waals surface area contributed by atoms with Gasteiger partial charge in [0, 0.05) is 6.26 Å². The van der Waals surface area contributed by atoms with Crippen molar-refractivity contribution in [3.05, 3.63) is 24.3 Å². The molecule has 0 fully saturated rings. The number of amides is 1. The first-order valence-electron chi connectivity index (χ1n) is 6.07. The van der Waals surface area contributed by atoms with Crippen LogP contribution >= 0.6 is 0 Å². The molecule has 1 amide bonds. The van der Waals surface area contributed by atoms with Gasteiger partial charge in [-0.25, -0.2) is 8.42 Å². The highest BCUT2D eigenvalue weighted by Gasteiger charge is 2.18. The summed E-state index contributed by atoms with van der Waals surface area (Å²) >= 11 is 0. The standard InChI is InChI=1S/C13H20N2O3S/c1-9(2)8-10(14)13(16)15-11-6-4-5-7-12(11)19(3,17)18/h4-7,9-10H,8,14H2,1-3H3,(H,15,16)/t10-/m1/s1.